The van der Waals surface area contributed by atoms with E-state index in [0.717, 1.165) is 37.4 Å². The zero-order chi connectivity index (χ0) is 16.1. The van der Waals surface area contributed by atoms with Gasteiger partial charge in [-0.25, -0.2) is 0 Å². The largest absolute Gasteiger partial charge is 0.490 e. The van der Waals surface area contributed by atoms with Gasteiger partial charge >= 0.3 is 0 Å². The molecule has 23 heavy (non-hydrogen) atoms. The second-order valence-corrected chi connectivity index (χ2v) is 6.12. The highest BCUT2D eigenvalue weighted by molar-refractivity contribution is 6.30. The fraction of sp³-hybridized carbons (Fsp3) is 0.316. The van der Waals surface area contributed by atoms with Crippen LogP contribution in [0, 0.1) is 0 Å². The molecule has 0 spiro atoms. The van der Waals surface area contributed by atoms with Gasteiger partial charge in [0.2, 0.25) is 0 Å². The number of Topliss-reactive ketones (excluding diaryl/α,β-unsaturated/α-hetero) is 1. The van der Waals surface area contributed by atoms with Gasteiger partial charge in [0.1, 0.15) is 11.9 Å². The molecule has 0 radical (unpaired) electrons. The summed E-state index contributed by atoms with van der Waals surface area (Å²) in [5.41, 5.74) is 1.65. The average Bonchev–Trinajstić information content (AvgIpc) is 2.58. The molecule has 1 fully saturated rings. The van der Waals surface area contributed by atoms with E-state index in [0.29, 0.717) is 17.0 Å². The molecule has 3 nitrogen and oxygen atoms in total. The summed E-state index contributed by atoms with van der Waals surface area (Å²) in [6, 6.07) is 14.7. The van der Waals surface area contributed by atoms with E-state index >= 15 is 0 Å². The Hall–Kier alpha value is -1.84. The molecule has 4 heteroatoms. The Balaban J connectivity index is 1.59. The Bertz CT molecular complexity index is 643. The topological polar surface area (TPSA) is 35.5 Å². The van der Waals surface area contributed by atoms with E-state index in [2.05, 4.69) is 0 Å². The van der Waals surface area contributed by atoms with E-state index in [1.54, 1.807) is 12.1 Å². The molecule has 2 aromatic rings. The lowest BCUT2D eigenvalue weighted by Crippen LogP contribution is -2.25. The summed E-state index contributed by atoms with van der Waals surface area (Å²) in [7, 11) is 0. The smallest absolute Gasteiger partial charge is 0.167 e. The van der Waals surface area contributed by atoms with Crippen molar-refractivity contribution in [2.75, 3.05) is 13.2 Å². The zero-order valence-electron chi connectivity index (χ0n) is 12.8. The normalized spacial score (nSPS) is 15.3. The van der Waals surface area contributed by atoms with Crippen molar-refractivity contribution < 1.29 is 14.3 Å². The molecule has 0 N–H and O–H groups in total. The molecule has 0 aromatic heterocycles. The first kappa shape index (κ1) is 16.0. The first-order valence-corrected chi connectivity index (χ1v) is 8.20. The molecule has 1 aliphatic heterocycles. The van der Waals surface area contributed by atoms with Gasteiger partial charge in [-0.15, -0.1) is 0 Å². The van der Waals surface area contributed by atoms with Crippen molar-refractivity contribution in [1.29, 1.82) is 0 Å². The van der Waals surface area contributed by atoms with Gasteiger partial charge in [0.15, 0.2) is 5.78 Å². The van der Waals surface area contributed by atoms with Gasteiger partial charge in [-0.2, -0.15) is 0 Å². The summed E-state index contributed by atoms with van der Waals surface area (Å²) in [4.78, 5) is 12.3. The Morgan fingerprint density at radius 2 is 1.70 bits per heavy atom. The molecule has 0 saturated carbocycles. The van der Waals surface area contributed by atoms with Crippen LogP contribution in [0.3, 0.4) is 0 Å². The molecule has 0 bridgehead atoms. The Morgan fingerprint density at radius 3 is 2.35 bits per heavy atom. The Morgan fingerprint density at radius 1 is 1.04 bits per heavy atom. The summed E-state index contributed by atoms with van der Waals surface area (Å²) >= 11 is 5.86. The summed E-state index contributed by atoms with van der Waals surface area (Å²) < 4.78 is 11.2. The SMILES string of the molecule is O=C(Cc1ccc(Cl)cc1)c1ccc(OC2CCOCC2)cc1. The molecule has 0 amide bonds. The van der Waals surface area contributed by atoms with Gasteiger partial charge < -0.3 is 9.47 Å². The zero-order valence-corrected chi connectivity index (χ0v) is 13.6. The van der Waals surface area contributed by atoms with Gasteiger partial charge in [-0.1, -0.05) is 23.7 Å². The third-order valence-electron chi connectivity index (χ3n) is 3.93. The molecule has 1 saturated heterocycles. The van der Waals surface area contributed by atoms with Crippen molar-refractivity contribution in [3.63, 3.8) is 0 Å². The number of carbonyl (C=O) groups is 1. The van der Waals surface area contributed by atoms with E-state index in [1.165, 1.54) is 0 Å². The molecular weight excluding hydrogens is 312 g/mol. The molecule has 0 aliphatic carbocycles. The summed E-state index contributed by atoms with van der Waals surface area (Å²) in [5.74, 6) is 0.893. The number of ketones is 1. The number of halogens is 1. The minimum Gasteiger partial charge on any atom is -0.490 e. The second kappa shape index (κ2) is 7.62. The predicted octanol–water partition coefficient (Wildman–Crippen LogP) is 4.32. The number of ether oxygens (including phenoxy) is 2. The van der Waals surface area contributed by atoms with Crippen molar-refractivity contribution in [2.24, 2.45) is 0 Å². The lowest BCUT2D eigenvalue weighted by molar-refractivity contribution is 0.0256. The van der Waals surface area contributed by atoms with Crippen LogP contribution in [0.2, 0.25) is 5.02 Å². The lowest BCUT2D eigenvalue weighted by atomic mass is 10.0. The number of carbonyl (C=O) groups excluding carboxylic acids is 1. The maximum Gasteiger partial charge on any atom is 0.167 e. The highest BCUT2D eigenvalue weighted by Gasteiger charge is 2.15. The first-order valence-electron chi connectivity index (χ1n) is 7.83. The molecular formula is C19H19ClO3. The number of hydrogen-bond acceptors (Lipinski definition) is 3. The fourth-order valence-corrected chi connectivity index (χ4v) is 2.72. The van der Waals surface area contributed by atoms with Gasteiger partial charge in [0, 0.05) is 29.8 Å². The van der Waals surface area contributed by atoms with Crippen LogP contribution >= 0.6 is 11.6 Å². The number of rotatable bonds is 5. The third-order valence-corrected chi connectivity index (χ3v) is 4.18. The van der Waals surface area contributed by atoms with Gasteiger partial charge in [-0.3, -0.25) is 4.79 Å². The minimum atomic E-state index is 0.0879. The monoisotopic (exact) mass is 330 g/mol. The van der Waals surface area contributed by atoms with Gasteiger partial charge in [0.05, 0.1) is 13.2 Å². The maximum absolute atomic E-state index is 12.3. The highest BCUT2D eigenvalue weighted by atomic mass is 35.5. The van der Waals surface area contributed by atoms with E-state index in [1.807, 2.05) is 36.4 Å². The standard InChI is InChI=1S/C19H19ClO3/c20-16-5-1-14(2-6-16)13-19(21)15-3-7-17(8-4-15)23-18-9-11-22-12-10-18/h1-8,18H,9-13H2. The van der Waals surface area contributed by atoms with E-state index in [4.69, 9.17) is 21.1 Å². The molecule has 0 unspecified atom stereocenters. The van der Waals surface area contributed by atoms with Crippen LogP contribution in [-0.4, -0.2) is 25.1 Å². The van der Waals surface area contributed by atoms with Crippen molar-refractivity contribution in [3.05, 3.63) is 64.7 Å². The van der Waals surface area contributed by atoms with Crippen molar-refractivity contribution in [2.45, 2.75) is 25.4 Å². The molecule has 3 rings (SSSR count). The van der Waals surface area contributed by atoms with Crippen LogP contribution in [-0.2, 0) is 11.2 Å². The van der Waals surface area contributed by atoms with Crippen LogP contribution in [0.5, 0.6) is 5.75 Å². The van der Waals surface area contributed by atoms with Crippen LogP contribution in [0.25, 0.3) is 0 Å². The molecule has 0 atom stereocenters. The quantitative estimate of drug-likeness (QED) is 0.766. The molecule has 2 aromatic carbocycles. The van der Waals surface area contributed by atoms with Crippen LogP contribution in [0.4, 0.5) is 0 Å². The van der Waals surface area contributed by atoms with Crippen LogP contribution in [0.15, 0.2) is 48.5 Å². The predicted molar refractivity (Wildman–Crippen MR) is 90.4 cm³/mol. The molecule has 1 heterocycles. The Kier molecular flexibility index (Phi) is 5.31. The number of benzene rings is 2. The lowest BCUT2D eigenvalue weighted by Gasteiger charge is -2.23. The fourth-order valence-electron chi connectivity index (χ4n) is 2.60. The van der Waals surface area contributed by atoms with Gasteiger partial charge in [-0.05, 0) is 42.0 Å². The number of hydrogen-bond donors (Lipinski definition) is 0. The van der Waals surface area contributed by atoms with Crippen LogP contribution < -0.4 is 4.74 Å². The minimum absolute atomic E-state index is 0.0879. The van der Waals surface area contributed by atoms with Crippen molar-refractivity contribution in [1.82, 2.24) is 0 Å². The third kappa shape index (κ3) is 4.57. The highest BCUT2D eigenvalue weighted by Crippen LogP contribution is 2.19. The Labute approximate surface area is 141 Å². The molecule has 120 valence electrons. The van der Waals surface area contributed by atoms with E-state index in [-0.39, 0.29) is 11.9 Å². The average molecular weight is 331 g/mol. The summed E-state index contributed by atoms with van der Waals surface area (Å²) in [6.07, 6.45) is 2.41. The van der Waals surface area contributed by atoms with E-state index in [9.17, 15) is 4.79 Å². The van der Waals surface area contributed by atoms with Crippen molar-refractivity contribution in [3.8, 4) is 5.75 Å². The summed E-state index contributed by atoms with van der Waals surface area (Å²) in [6.45, 7) is 1.50. The van der Waals surface area contributed by atoms with Crippen LogP contribution in [0.1, 0.15) is 28.8 Å². The van der Waals surface area contributed by atoms with Gasteiger partial charge in [0.25, 0.3) is 0 Å². The van der Waals surface area contributed by atoms with Crippen molar-refractivity contribution >= 4 is 17.4 Å². The maximum atomic E-state index is 12.3. The molecule has 1 aliphatic rings. The summed E-state index contributed by atoms with van der Waals surface area (Å²) in [5, 5.41) is 0.677. The second-order valence-electron chi connectivity index (χ2n) is 5.68. The first-order chi connectivity index (χ1) is 11.2. The van der Waals surface area contributed by atoms with E-state index < -0.39 is 0 Å².